The number of carbonyl (C=O) groups excluding carboxylic acids is 1. The molecule has 0 aliphatic heterocycles. The zero-order valence-electron chi connectivity index (χ0n) is 12.7. The highest BCUT2D eigenvalue weighted by atomic mass is 16.1. The van der Waals surface area contributed by atoms with Crippen molar-refractivity contribution in [2.75, 3.05) is 19.4 Å². The van der Waals surface area contributed by atoms with E-state index in [1.54, 1.807) is 30.5 Å². The number of aromatic amines is 1. The summed E-state index contributed by atoms with van der Waals surface area (Å²) in [7, 11) is 3.93. The molecule has 0 aliphatic carbocycles. The molecule has 0 saturated carbocycles. The lowest BCUT2D eigenvalue weighted by molar-refractivity contribution is 0.100. The van der Waals surface area contributed by atoms with Crippen molar-refractivity contribution < 1.29 is 4.79 Å². The van der Waals surface area contributed by atoms with Crippen LogP contribution in [0.4, 0.5) is 5.69 Å². The topological polar surface area (TPSA) is 91.2 Å². The first kappa shape index (κ1) is 15.8. The third-order valence-electron chi connectivity index (χ3n) is 3.25. The predicted octanol–water partition coefficient (Wildman–Crippen LogP) is 1.15. The Morgan fingerprint density at radius 1 is 1.27 bits per heavy atom. The molecule has 0 atom stereocenters. The molecule has 0 radical (unpaired) electrons. The molecule has 6 nitrogen and oxygen atoms in total. The molecule has 116 valence electrons. The molecule has 0 unspecified atom stereocenters. The lowest BCUT2D eigenvalue weighted by Crippen LogP contribution is -2.18. The highest BCUT2D eigenvalue weighted by molar-refractivity contribution is 5.94. The van der Waals surface area contributed by atoms with Crippen LogP contribution in [0.15, 0.2) is 41.3 Å². The second-order valence-corrected chi connectivity index (χ2v) is 5.35. The maximum Gasteiger partial charge on any atom is 0.252 e. The van der Waals surface area contributed by atoms with E-state index in [0.29, 0.717) is 24.2 Å². The number of carbonyl (C=O) groups is 1. The van der Waals surface area contributed by atoms with Gasteiger partial charge in [-0.15, -0.1) is 0 Å². The summed E-state index contributed by atoms with van der Waals surface area (Å²) in [6, 6.07) is 8.84. The van der Waals surface area contributed by atoms with Gasteiger partial charge in [-0.2, -0.15) is 0 Å². The Kier molecular flexibility index (Phi) is 4.95. The van der Waals surface area contributed by atoms with E-state index in [-0.39, 0.29) is 5.56 Å². The van der Waals surface area contributed by atoms with Crippen LogP contribution < -0.4 is 16.6 Å². The number of nitrogens with two attached hydrogens (primary N) is 1. The van der Waals surface area contributed by atoms with E-state index in [9.17, 15) is 9.59 Å². The average molecular weight is 300 g/mol. The minimum absolute atomic E-state index is 0.129. The van der Waals surface area contributed by atoms with Crippen molar-refractivity contribution in [1.29, 1.82) is 0 Å². The molecule has 4 N–H and O–H groups in total. The van der Waals surface area contributed by atoms with Crippen LogP contribution in [0.25, 0.3) is 0 Å². The van der Waals surface area contributed by atoms with Crippen LogP contribution in [0.3, 0.4) is 0 Å². The molecule has 6 heteroatoms. The van der Waals surface area contributed by atoms with E-state index in [1.807, 2.05) is 25.1 Å². The number of benzene rings is 1. The fourth-order valence-electron chi connectivity index (χ4n) is 2.16. The van der Waals surface area contributed by atoms with Crippen LogP contribution in [0.2, 0.25) is 0 Å². The highest BCUT2D eigenvalue weighted by Crippen LogP contribution is 2.19. The van der Waals surface area contributed by atoms with Crippen molar-refractivity contribution in [2.24, 2.45) is 5.73 Å². The van der Waals surface area contributed by atoms with Crippen molar-refractivity contribution in [3.05, 3.63) is 63.6 Å². The molecule has 1 aromatic carbocycles. The van der Waals surface area contributed by atoms with Crippen LogP contribution in [0.5, 0.6) is 0 Å². The Balaban J connectivity index is 2.26. The molecule has 1 amide bonds. The van der Waals surface area contributed by atoms with E-state index >= 15 is 0 Å². The molecule has 0 bridgehead atoms. The number of hydrogen-bond donors (Lipinski definition) is 3. The molecule has 2 aromatic rings. The first-order chi connectivity index (χ1) is 10.5. The Labute approximate surface area is 129 Å². The van der Waals surface area contributed by atoms with Gasteiger partial charge in [-0.05, 0) is 37.9 Å². The van der Waals surface area contributed by atoms with Crippen LogP contribution in [-0.4, -0.2) is 29.9 Å². The second kappa shape index (κ2) is 6.91. The van der Waals surface area contributed by atoms with Crippen LogP contribution in [0, 0.1) is 0 Å². The monoisotopic (exact) mass is 300 g/mol. The molecule has 1 heterocycles. The largest absolute Gasteiger partial charge is 0.380 e. The number of amides is 1. The Morgan fingerprint density at radius 2 is 2.05 bits per heavy atom. The minimum atomic E-state index is -0.475. The van der Waals surface area contributed by atoms with Crippen molar-refractivity contribution >= 4 is 11.6 Å². The summed E-state index contributed by atoms with van der Waals surface area (Å²) in [5.74, 6) is -0.475. The molecule has 0 fully saturated rings. The summed E-state index contributed by atoms with van der Waals surface area (Å²) >= 11 is 0. The summed E-state index contributed by atoms with van der Waals surface area (Å²) in [4.78, 5) is 27.7. The van der Waals surface area contributed by atoms with Crippen LogP contribution in [-0.2, 0) is 13.1 Å². The Bertz CT molecular complexity index is 722. The molecular weight excluding hydrogens is 280 g/mol. The predicted molar refractivity (Wildman–Crippen MR) is 86.7 cm³/mol. The molecule has 0 spiro atoms. The zero-order valence-corrected chi connectivity index (χ0v) is 12.7. The van der Waals surface area contributed by atoms with Gasteiger partial charge >= 0.3 is 0 Å². The van der Waals surface area contributed by atoms with Crippen molar-refractivity contribution in [1.82, 2.24) is 9.88 Å². The number of hydrogen-bond acceptors (Lipinski definition) is 4. The molecule has 22 heavy (non-hydrogen) atoms. The van der Waals surface area contributed by atoms with Gasteiger partial charge in [0.05, 0.1) is 0 Å². The Morgan fingerprint density at radius 3 is 2.68 bits per heavy atom. The zero-order chi connectivity index (χ0) is 16.1. The van der Waals surface area contributed by atoms with Gasteiger partial charge in [0.25, 0.3) is 5.56 Å². The number of aromatic nitrogens is 1. The smallest absolute Gasteiger partial charge is 0.252 e. The lowest BCUT2D eigenvalue weighted by atomic mass is 10.1. The number of H-pyrrole nitrogens is 1. The maximum absolute atomic E-state index is 11.7. The number of primary amides is 1. The van der Waals surface area contributed by atoms with Crippen molar-refractivity contribution in [3.63, 3.8) is 0 Å². The van der Waals surface area contributed by atoms with Gasteiger partial charge < -0.3 is 20.9 Å². The van der Waals surface area contributed by atoms with E-state index in [0.717, 1.165) is 11.3 Å². The Hall–Kier alpha value is -2.60. The van der Waals surface area contributed by atoms with Gasteiger partial charge in [-0.1, -0.05) is 12.1 Å². The first-order valence-electron chi connectivity index (χ1n) is 6.95. The number of nitrogens with zero attached hydrogens (tertiary/aromatic N) is 1. The van der Waals surface area contributed by atoms with E-state index in [1.165, 1.54) is 0 Å². The van der Waals surface area contributed by atoms with E-state index in [4.69, 9.17) is 5.73 Å². The molecule has 1 aromatic heterocycles. The van der Waals surface area contributed by atoms with Gasteiger partial charge in [0, 0.05) is 36.1 Å². The van der Waals surface area contributed by atoms with Gasteiger partial charge in [-0.25, -0.2) is 0 Å². The third-order valence-corrected chi connectivity index (χ3v) is 3.25. The van der Waals surface area contributed by atoms with Crippen molar-refractivity contribution in [3.8, 4) is 0 Å². The summed E-state index contributed by atoms with van der Waals surface area (Å²) in [5.41, 5.74) is 8.10. The molecule has 0 aliphatic rings. The number of pyridine rings is 1. The van der Waals surface area contributed by atoms with E-state index < -0.39 is 5.91 Å². The molecule has 2 rings (SSSR count). The number of anilines is 1. The number of nitrogens with one attached hydrogen (secondary N) is 2. The standard InChI is InChI=1S/C16H20N4O2/c1-20(2)10-13-6-5-11(15(17)21)8-14(13)19-9-12-4-3-7-18-16(12)22/h3-8,19H,9-10H2,1-2H3,(H2,17,21)(H,18,22). The SMILES string of the molecule is CN(C)Cc1ccc(C(N)=O)cc1NCc1ccc[nH]c1=O. The summed E-state index contributed by atoms with van der Waals surface area (Å²) in [6.45, 7) is 1.09. The fourth-order valence-corrected chi connectivity index (χ4v) is 2.16. The average Bonchev–Trinajstić information content (AvgIpc) is 2.47. The summed E-state index contributed by atoms with van der Waals surface area (Å²) < 4.78 is 0. The van der Waals surface area contributed by atoms with Crippen LogP contribution >= 0.6 is 0 Å². The normalized spacial score (nSPS) is 10.7. The number of rotatable bonds is 6. The third kappa shape index (κ3) is 3.95. The van der Waals surface area contributed by atoms with Crippen molar-refractivity contribution in [2.45, 2.75) is 13.1 Å². The lowest BCUT2D eigenvalue weighted by Gasteiger charge is -2.16. The van der Waals surface area contributed by atoms with Gasteiger partial charge in [0.1, 0.15) is 0 Å². The van der Waals surface area contributed by atoms with Gasteiger partial charge in [-0.3, -0.25) is 9.59 Å². The quantitative estimate of drug-likeness (QED) is 0.746. The fraction of sp³-hybridized carbons (Fsp3) is 0.250. The van der Waals surface area contributed by atoms with E-state index in [2.05, 4.69) is 10.3 Å². The first-order valence-corrected chi connectivity index (χ1v) is 6.95. The summed E-state index contributed by atoms with van der Waals surface area (Å²) in [6.07, 6.45) is 1.59. The van der Waals surface area contributed by atoms with Crippen LogP contribution in [0.1, 0.15) is 21.5 Å². The molecule has 0 saturated heterocycles. The highest BCUT2D eigenvalue weighted by Gasteiger charge is 2.09. The minimum Gasteiger partial charge on any atom is -0.380 e. The second-order valence-electron chi connectivity index (χ2n) is 5.35. The summed E-state index contributed by atoms with van der Waals surface area (Å²) in [5, 5.41) is 3.22. The van der Waals surface area contributed by atoms with Gasteiger partial charge in [0.15, 0.2) is 0 Å². The van der Waals surface area contributed by atoms with Gasteiger partial charge in [0.2, 0.25) is 5.91 Å². The molecular formula is C16H20N4O2. The maximum atomic E-state index is 11.7.